The van der Waals surface area contributed by atoms with Crippen molar-refractivity contribution in [2.45, 2.75) is 51.9 Å². The summed E-state index contributed by atoms with van der Waals surface area (Å²) in [6.45, 7) is 7.71. The fourth-order valence-electron chi connectivity index (χ4n) is 3.27. The van der Waals surface area contributed by atoms with Gasteiger partial charge in [0.25, 0.3) is 0 Å². The number of rotatable bonds is 1. The summed E-state index contributed by atoms with van der Waals surface area (Å²) >= 11 is 0. The predicted molar refractivity (Wildman–Crippen MR) is 67.4 cm³/mol. The summed E-state index contributed by atoms with van der Waals surface area (Å²) in [7, 11) is 0. The summed E-state index contributed by atoms with van der Waals surface area (Å²) in [5, 5.41) is 0. The lowest BCUT2D eigenvalue weighted by molar-refractivity contribution is 0.129. The first-order chi connectivity index (χ1) is 8.08. The summed E-state index contributed by atoms with van der Waals surface area (Å²) in [4.78, 5) is 6.95. The molecule has 2 unspecified atom stereocenters. The maximum atomic E-state index is 6.41. The van der Waals surface area contributed by atoms with Gasteiger partial charge < -0.3 is 10.3 Å². The number of nitrogens with zero attached hydrogens (tertiary/aromatic N) is 3. The third-order valence-electron chi connectivity index (χ3n) is 4.64. The van der Waals surface area contributed by atoms with Gasteiger partial charge >= 0.3 is 0 Å². The Labute approximate surface area is 103 Å². The highest BCUT2D eigenvalue weighted by molar-refractivity contribution is 5.03. The molecule has 3 rings (SSSR count). The van der Waals surface area contributed by atoms with E-state index in [-0.39, 0.29) is 5.41 Å². The van der Waals surface area contributed by atoms with E-state index in [0.717, 1.165) is 19.6 Å². The van der Waals surface area contributed by atoms with Gasteiger partial charge in [0, 0.05) is 37.6 Å². The molecular weight excluding hydrogens is 212 g/mol. The molecule has 4 heteroatoms. The fourth-order valence-corrected chi connectivity index (χ4v) is 3.27. The van der Waals surface area contributed by atoms with Crippen molar-refractivity contribution in [2.75, 3.05) is 6.54 Å². The van der Waals surface area contributed by atoms with Gasteiger partial charge in [0.1, 0.15) is 5.82 Å². The number of aromatic nitrogens is 2. The topological polar surface area (TPSA) is 47.1 Å². The Hall–Kier alpha value is -0.870. The van der Waals surface area contributed by atoms with E-state index in [2.05, 4.69) is 34.5 Å². The van der Waals surface area contributed by atoms with Crippen molar-refractivity contribution in [1.29, 1.82) is 0 Å². The SMILES string of the molecule is CC1(C)CCC(N2CCn3ccnc3C2)C1N. The third-order valence-corrected chi connectivity index (χ3v) is 4.64. The second kappa shape index (κ2) is 3.82. The average Bonchev–Trinajstić information content (AvgIpc) is 2.84. The van der Waals surface area contributed by atoms with Crippen LogP contribution in [0.5, 0.6) is 0 Å². The van der Waals surface area contributed by atoms with Crippen LogP contribution in [0.2, 0.25) is 0 Å². The summed E-state index contributed by atoms with van der Waals surface area (Å²) in [6.07, 6.45) is 6.45. The summed E-state index contributed by atoms with van der Waals surface area (Å²) in [6, 6.07) is 0.833. The van der Waals surface area contributed by atoms with Crippen LogP contribution in [0.15, 0.2) is 12.4 Å². The molecule has 2 N–H and O–H groups in total. The molecule has 4 nitrogen and oxygen atoms in total. The van der Waals surface area contributed by atoms with Gasteiger partial charge in [-0.2, -0.15) is 0 Å². The molecule has 0 amide bonds. The molecule has 0 aromatic carbocycles. The third kappa shape index (κ3) is 1.79. The predicted octanol–water partition coefficient (Wildman–Crippen LogP) is 1.21. The van der Waals surface area contributed by atoms with Gasteiger partial charge in [-0.15, -0.1) is 0 Å². The van der Waals surface area contributed by atoms with Crippen LogP contribution < -0.4 is 5.73 Å². The van der Waals surface area contributed by atoms with Gasteiger partial charge in [-0.3, -0.25) is 4.90 Å². The molecule has 2 heterocycles. The lowest BCUT2D eigenvalue weighted by atomic mass is 9.87. The Morgan fingerprint density at radius 3 is 2.94 bits per heavy atom. The maximum Gasteiger partial charge on any atom is 0.122 e. The smallest absolute Gasteiger partial charge is 0.122 e. The van der Waals surface area contributed by atoms with Crippen LogP contribution in [0.25, 0.3) is 0 Å². The standard InChI is InChI=1S/C13H22N4/c1-13(2)4-3-10(12(13)14)17-8-7-16-6-5-15-11(16)9-17/h5-6,10,12H,3-4,7-9,14H2,1-2H3. The molecule has 1 saturated carbocycles. The van der Waals surface area contributed by atoms with E-state index >= 15 is 0 Å². The number of imidazole rings is 1. The number of nitrogens with two attached hydrogens (primary N) is 1. The number of hydrogen-bond acceptors (Lipinski definition) is 3. The summed E-state index contributed by atoms with van der Waals surface area (Å²) in [5.74, 6) is 1.19. The summed E-state index contributed by atoms with van der Waals surface area (Å²) < 4.78 is 2.25. The Morgan fingerprint density at radius 1 is 1.41 bits per heavy atom. The van der Waals surface area contributed by atoms with Crippen LogP contribution in [0, 0.1) is 5.41 Å². The second-order valence-electron chi connectivity index (χ2n) is 6.13. The van der Waals surface area contributed by atoms with E-state index in [1.807, 2.05) is 6.20 Å². The minimum Gasteiger partial charge on any atom is -0.333 e. The molecule has 1 fully saturated rings. The van der Waals surface area contributed by atoms with Gasteiger partial charge in [0.2, 0.25) is 0 Å². The monoisotopic (exact) mass is 234 g/mol. The number of hydrogen-bond donors (Lipinski definition) is 1. The Bertz CT molecular complexity index is 409. The van der Waals surface area contributed by atoms with Crippen molar-refractivity contribution in [3.05, 3.63) is 18.2 Å². The zero-order chi connectivity index (χ0) is 12.0. The van der Waals surface area contributed by atoms with Gasteiger partial charge in [0.05, 0.1) is 6.54 Å². The van der Waals surface area contributed by atoms with Crippen LogP contribution in [-0.4, -0.2) is 33.1 Å². The minimum absolute atomic E-state index is 0.289. The van der Waals surface area contributed by atoms with E-state index in [9.17, 15) is 0 Å². The first-order valence-corrected chi connectivity index (χ1v) is 6.57. The van der Waals surface area contributed by atoms with Crippen molar-refractivity contribution < 1.29 is 0 Å². The molecule has 2 aliphatic rings. The molecule has 0 radical (unpaired) electrons. The van der Waals surface area contributed by atoms with Gasteiger partial charge in [-0.25, -0.2) is 4.98 Å². The first-order valence-electron chi connectivity index (χ1n) is 6.57. The van der Waals surface area contributed by atoms with Crippen molar-refractivity contribution in [3.63, 3.8) is 0 Å². The van der Waals surface area contributed by atoms with Crippen LogP contribution in [0.4, 0.5) is 0 Å². The normalized spacial score (nSPS) is 32.6. The van der Waals surface area contributed by atoms with E-state index in [0.29, 0.717) is 12.1 Å². The van der Waals surface area contributed by atoms with E-state index < -0.39 is 0 Å². The first kappa shape index (κ1) is 11.2. The molecule has 2 atom stereocenters. The summed E-state index contributed by atoms with van der Waals surface area (Å²) in [5.41, 5.74) is 6.70. The van der Waals surface area contributed by atoms with Crippen molar-refractivity contribution in [1.82, 2.24) is 14.5 Å². The maximum absolute atomic E-state index is 6.41. The van der Waals surface area contributed by atoms with E-state index in [1.165, 1.54) is 18.7 Å². The molecule has 0 saturated heterocycles. The van der Waals surface area contributed by atoms with Crippen molar-refractivity contribution in [3.8, 4) is 0 Å². The van der Waals surface area contributed by atoms with E-state index in [1.54, 1.807) is 0 Å². The van der Waals surface area contributed by atoms with Gasteiger partial charge in [0.15, 0.2) is 0 Å². The Morgan fingerprint density at radius 2 is 2.24 bits per heavy atom. The minimum atomic E-state index is 0.289. The molecule has 17 heavy (non-hydrogen) atoms. The molecule has 1 aromatic rings. The average molecular weight is 234 g/mol. The van der Waals surface area contributed by atoms with Crippen molar-refractivity contribution >= 4 is 0 Å². The molecule has 0 bridgehead atoms. The fraction of sp³-hybridized carbons (Fsp3) is 0.769. The van der Waals surface area contributed by atoms with Crippen LogP contribution in [-0.2, 0) is 13.1 Å². The van der Waals surface area contributed by atoms with E-state index in [4.69, 9.17) is 5.73 Å². The molecule has 1 aliphatic carbocycles. The largest absolute Gasteiger partial charge is 0.333 e. The van der Waals surface area contributed by atoms with Gasteiger partial charge in [-0.05, 0) is 18.3 Å². The quantitative estimate of drug-likeness (QED) is 0.794. The lowest BCUT2D eigenvalue weighted by Crippen LogP contribution is -2.51. The number of fused-ring (bicyclic) bond motifs is 1. The van der Waals surface area contributed by atoms with Crippen LogP contribution >= 0.6 is 0 Å². The highest BCUT2D eigenvalue weighted by atomic mass is 15.3. The zero-order valence-electron chi connectivity index (χ0n) is 10.8. The highest BCUT2D eigenvalue weighted by Gasteiger charge is 2.42. The van der Waals surface area contributed by atoms with Crippen molar-refractivity contribution in [2.24, 2.45) is 11.1 Å². The van der Waals surface area contributed by atoms with Crippen LogP contribution in [0.1, 0.15) is 32.5 Å². The van der Waals surface area contributed by atoms with Gasteiger partial charge in [-0.1, -0.05) is 13.8 Å². The molecular formula is C13H22N4. The Kier molecular flexibility index (Phi) is 2.52. The molecule has 1 aromatic heterocycles. The Balaban J connectivity index is 1.76. The molecule has 94 valence electrons. The molecule has 0 spiro atoms. The zero-order valence-corrected chi connectivity index (χ0v) is 10.8. The highest BCUT2D eigenvalue weighted by Crippen LogP contribution is 2.39. The lowest BCUT2D eigenvalue weighted by Gasteiger charge is -2.37. The second-order valence-corrected chi connectivity index (χ2v) is 6.13. The van der Waals surface area contributed by atoms with Crippen LogP contribution in [0.3, 0.4) is 0 Å². The molecule has 1 aliphatic heterocycles.